The maximum atomic E-state index is 16.0. The molecule has 6 heterocycles. The van der Waals surface area contributed by atoms with Crippen LogP contribution in [-0.2, 0) is 13.0 Å². The lowest BCUT2D eigenvalue weighted by Crippen LogP contribution is -2.52. The highest BCUT2D eigenvalue weighted by Gasteiger charge is 2.63. The molecule has 1 aliphatic carbocycles. The Morgan fingerprint density at radius 2 is 1.91 bits per heavy atom. The zero-order valence-corrected chi connectivity index (χ0v) is 25.8. The first-order valence-electron chi connectivity index (χ1n) is 16.5. The number of ether oxygens (including phenoxy) is 1. The molecule has 10 heteroatoms. The summed E-state index contributed by atoms with van der Waals surface area (Å²) in [6, 6.07) is 10.8. The van der Waals surface area contributed by atoms with Gasteiger partial charge in [-0.2, -0.15) is 9.97 Å². The van der Waals surface area contributed by atoms with E-state index in [0.29, 0.717) is 49.1 Å². The minimum atomic E-state index is -1.09. The number of aromatic nitrogens is 2. The Kier molecular flexibility index (Phi) is 6.27. The van der Waals surface area contributed by atoms with E-state index < -0.39 is 5.67 Å². The fourth-order valence-corrected chi connectivity index (χ4v) is 10.0. The van der Waals surface area contributed by atoms with Crippen LogP contribution in [0.2, 0.25) is 5.02 Å². The number of nitrogens with zero attached hydrogens (tertiary/aromatic N) is 5. The Labute approximate surface area is 262 Å². The SMILES string of the molecule is Oc1cc(N2CCc3c(nc(OC[C@]45CCCN4[C@@H]4CCC[C@]4(F)C5)nc3N3CC4CCC(C3)N4)C2)c2c(Cl)cccc2c1. The van der Waals surface area contributed by atoms with Crippen molar-refractivity contribution in [3.8, 4) is 11.8 Å². The zero-order valence-electron chi connectivity index (χ0n) is 25.1. The van der Waals surface area contributed by atoms with Crippen LogP contribution in [0.5, 0.6) is 11.8 Å². The Hall–Kier alpha value is -2.88. The third kappa shape index (κ3) is 4.29. The first-order valence-corrected chi connectivity index (χ1v) is 16.9. The molecular formula is C34H40ClFN6O2. The quantitative estimate of drug-likeness (QED) is 0.395. The molecule has 2 aromatic carbocycles. The summed E-state index contributed by atoms with van der Waals surface area (Å²) in [5.41, 5.74) is 1.69. The van der Waals surface area contributed by atoms with E-state index in [0.717, 1.165) is 86.3 Å². The van der Waals surface area contributed by atoms with Crippen molar-refractivity contribution in [3.05, 3.63) is 46.6 Å². The Balaban J connectivity index is 1.07. The van der Waals surface area contributed by atoms with Gasteiger partial charge in [0.25, 0.3) is 0 Å². The van der Waals surface area contributed by atoms with Gasteiger partial charge in [-0.25, -0.2) is 4.39 Å². The number of anilines is 2. The van der Waals surface area contributed by atoms with Crippen LogP contribution in [0.3, 0.4) is 0 Å². The maximum absolute atomic E-state index is 16.0. The molecule has 6 aliphatic rings. The van der Waals surface area contributed by atoms with Crippen LogP contribution < -0.4 is 19.9 Å². The van der Waals surface area contributed by atoms with Crippen LogP contribution in [0, 0.1) is 0 Å². The van der Waals surface area contributed by atoms with Crippen molar-refractivity contribution in [2.75, 3.05) is 42.6 Å². The summed E-state index contributed by atoms with van der Waals surface area (Å²) in [7, 11) is 0. The molecule has 5 atom stereocenters. The predicted molar refractivity (Wildman–Crippen MR) is 170 cm³/mol. The summed E-state index contributed by atoms with van der Waals surface area (Å²) in [6.07, 6.45) is 8.39. The second-order valence-corrected chi connectivity index (χ2v) is 14.6. The van der Waals surface area contributed by atoms with Crippen molar-refractivity contribution < 1.29 is 14.2 Å². The van der Waals surface area contributed by atoms with Crippen molar-refractivity contribution in [2.24, 2.45) is 0 Å². The van der Waals surface area contributed by atoms with Gasteiger partial charge in [-0.05, 0) is 75.4 Å². The molecule has 5 fully saturated rings. The molecule has 2 N–H and O–H groups in total. The summed E-state index contributed by atoms with van der Waals surface area (Å²) >= 11 is 6.71. The number of hydrogen-bond donors (Lipinski definition) is 2. The van der Waals surface area contributed by atoms with Gasteiger partial charge < -0.3 is 25.0 Å². The van der Waals surface area contributed by atoms with Gasteiger partial charge in [0, 0.05) is 61.2 Å². The average molecular weight is 619 g/mol. The molecule has 4 saturated heterocycles. The Morgan fingerprint density at radius 1 is 1.05 bits per heavy atom. The number of hydrogen-bond acceptors (Lipinski definition) is 8. The second-order valence-electron chi connectivity index (χ2n) is 14.2. The average Bonchev–Trinajstić information content (AvgIpc) is 3.73. The van der Waals surface area contributed by atoms with Gasteiger partial charge >= 0.3 is 6.01 Å². The molecule has 1 aromatic heterocycles. The Morgan fingerprint density at radius 3 is 2.77 bits per heavy atom. The lowest BCUT2D eigenvalue weighted by molar-refractivity contribution is 0.0808. The number of piperazine rings is 1. The van der Waals surface area contributed by atoms with Crippen LogP contribution in [0.15, 0.2) is 30.3 Å². The van der Waals surface area contributed by atoms with Crippen molar-refractivity contribution in [2.45, 2.75) is 93.7 Å². The van der Waals surface area contributed by atoms with Gasteiger partial charge in [-0.3, -0.25) is 4.90 Å². The summed E-state index contributed by atoms with van der Waals surface area (Å²) in [5, 5.41) is 16.9. The maximum Gasteiger partial charge on any atom is 0.318 e. The second kappa shape index (κ2) is 10.1. The zero-order chi connectivity index (χ0) is 29.6. The minimum absolute atomic E-state index is 0.0300. The molecule has 1 saturated carbocycles. The highest BCUT2D eigenvalue weighted by atomic mass is 35.5. The molecule has 5 aliphatic heterocycles. The van der Waals surface area contributed by atoms with Gasteiger partial charge in [-0.15, -0.1) is 0 Å². The highest BCUT2D eigenvalue weighted by Crippen LogP contribution is 2.55. The number of benzene rings is 2. The van der Waals surface area contributed by atoms with E-state index in [1.165, 1.54) is 18.4 Å². The topological polar surface area (TPSA) is 77.0 Å². The number of phenols is 1. The normalized spacial score (nSPS) is 32.7. The van der Waals surface area contributed by atoms with Gasteiger partial charge in [0.1, 0.15) is 23.8 Å². The fourth-order valence-electron chi connectivity index (χ4n) is 9.73. The number of phenolic OH excluding ortho intramolecular Hbond substituents is 1. The van der Waals surface area contributed by atoms with Crippen LogP contribution in [-0.4, -0.2) is 82.1 Å². The highest BCUT2D eigenvalue weighted by molar-refractivity contribution is 6.36. The first kappa shape index (κ1) is 27.4. The minimum Gasteiger partial charge on any atom is -0.508 e. The summed E-state index contributed by atoms with van der Waals surface area (Å²) < 4.78 is 22.6. The molecule has 232 valence electrons. The van der Waals surface area contributed by atoms with E-state index in [9.17, 15) is 5.11 Å². The predicted octanol–water partition coefficient (Wildman–Crippen LogP) is 5.37. The summed E-state index contributed by atoms with van der Waals surface area (Å²) in [6.45, 7) is 4.58. The van der Waals surface area contributed by atoms with Crippen LogP contribution >= 0.6 is 11.6 Å². The molecule has 0 radical (unpaired) electrons. The van der Waals surface area contributed by atoms with E-state index >= 15 is 4.39 Å². The fraction of sp³-hybridized carbons (Fsp3) is 0.588. The van der Waals surface area contributed by atoms with Crippen molar-refractivity contribution in [3.63, 3.8) is 0 Å². The lowest BCUT2D eigenvalue weighted by Gasteiger charge is -2.38. The van der Waals surface area contributed by atoms with Gasteiger partial charge in [0.05, 0.1) is 28.5 Å². The standard InChI is InChI=1S/C34H40ClFN6O2/c35-26-5-1-4-21-14-24(43)15-28(30(21)26)40-13-9-25-27(18-40)38-32(39-31(25)41-16-22-7-8-23(17-41)37-22)44-20-33-10-3-12-42(33)29-6-2-11-34(29,36)19-33/h1,4-5,14-15,22-23,29,37,43H,2-3,6-13,16-20H2/t22?,23?,29-,33-,34+/m1/s1. The first-order chi connectivity index (χ1) is 21.4. The third-order valence-electron chi connectivity index (χ3n) is 11.6. The van der Waals surface area contributed by atoms with Gasteiger partial charge in [-0.1, -0.05) is 23.7 Å². The number of alkyl halides is 1. The molecule has 2 bridgehead atoms. The van der Waals surface area contributed by atoms with E-state index in [1.54, 1.807) is 6.07 Å². The lowest BCUT2D eigenvalue weighted by atomic mass is 9.88. The summed E-state index contributed by atoms with van der Waals surface area (Å²) in [5.74, 6) is 1.21. The molecule has 9 rings (SSSR count). The monoisotopic (exact) mass is 618 g/mol. The van der Waals surface area contributed by atoms with Crippen LogP contribution in [0.4, 0.5) is 15.9 Å². The van der Waals surface area contributed by atoms with Crippen LogP contribution in [0.1, 0.15) is 62.6 Å². The van der Waals surface area contributed by atoms with Crippen molar-refractivity contribution >= 4 is 33.9 Å². The number of halogens is 2. The van der Waals surface area contributed by atoms with Crippen molar-refractivity contribution in [1.82, 2.24) is 20.2 Å². The van der Waals surface area contributed by atoms with E-state index in [2.05, 4.69) is 20.0 Å². The molecule has 8 nitrogen and oxygen atoms in total. The number of rotatable bonds is 5. The van der Waals surface area contributed by atoms with Crippen LogP contribution in [0.25, 0.3) is 10.8 Å². The summed E-state index contributed by atoms with van der Waals surface area (Å²) in [4.78, 5) is 17.3. The smallest absolute Gasteiger partial charge is 0.318 e. The third-order valence-corrected chi connectivity index (χ3v) is 11.9. The van der Waals surface area contributed by atoms with E-state index in [1.807, 2.05) is 24.3 Å². The van der Waals surface area contributed by atoms with E-state index in [-0.39, 0.29) is 17.3 Å². The molecule has 3 aromatic rings. The number of nitrogens with one attached hydrogen (secondary N) is 1. The molecular weight excluding hydrogens is 579 g/mol. The largest absolute Gasteiger partial charge is 0.508 e. The molecule has 0 amide bonds. The van der Waals surface area contributed by atoms with Crippen molar-refractivity contribution in [1.29, 1.82) is 0 Å². The molecule has 44 heavy (non-hydrogen) atoms. The molecule has 0 spiro atoms. The molecule has 2 unspecified atom stereocenters. The Bertz CT molecular complexity index is 1630. The number of fused-ring (bicyclic) bond motifs is 7. The van der Waals surface area contributed by atoms with Gasteiger partial charge in [0.15, 0.2) is 0 Å². The number of aromatic hydroxyl groups is 1. The van der Waals surface area contributed by atoms with E-state index in [4.69, 9.17) is 26.3 Å². The van der Waals surface area contributed by atoms with Gasteiger partial charge in [0.2, 0.25) is 0 Å².